The van der Waals surface area contributed by atoms with Gasteiger partial charge in [0.2, 0.25) is 0 Å². The number of nitrogens with one attached hydrogen (secondary N) is 2. The van der Waals surface area contributed by atoms with Crippen LogP contribution in [0.2, 0.25) is 0 Å². The van der Waals surface area contributed by atoms with E-state index in [9.17, 15) is 14.4 Å². The van der Waals surface area contributed by atoms with Gasteiger partial charge in [-0.05, 0) is 41.8 Å². The fraction of sp³-hybridized carbons (Fsp3) is 0.160. The second-order valence-electron chi connectivity index (χ2n) is 7.16. The third-order valence-corrected chi connectivity index (χ3v) is 4.88. The summed E-state index contributed by atoms with van der Waals surface area (Å²) >= 11 is 0. The highest BCUT2D eigenvalue weighted by molar-refractivity contribution is 5.93. The Kier molecular flexibility index (Phi) is 7.97. The van der Waals surface area contributed by atoms with Gasteiger partial charge in [-0.15, -0.1) is 0 Å². The number of amides is 3. The SMILES string of the molecule is NC(=O)Nc1ccc(C(=O)OCC(=O)NCCC(c2ccccc2)c2ccccc2)cc1. The Morgan fingerprint density at radius 2 is 1.38 bits per heavy atom. The van der Waals surface area contributed by atoms with Crippen molar-refractivity contribution in [3.8, 4) is 0 Å². The molecule has 0 atom stereocenters. The predicted octanol–water partition coefficient (Wildman–Crippen LogP) is 3.67. The summed E-state index contributed by atoms with van der Waals surface area (Å²) in [6.45, 7) is 0.0692. The predicted molar refractivity (Wildman–Crippen MR) is 122 cm³/mol. The smallest absolute Gasteiger partial charge is 0.338 e. The van der Waals surface area contributed by atoms with E-state index in [4.69, 9.17) is 10.5 Å². The van der Waals surface area contributed by atoms with E-state index in [-0.39, 0.29) is 24.0 Å². The Morgan fingerprint density at radius 1 is 0.812 bits per heavy atom. The maximum absolute atomic E-state index is 12.2. The molecule has 0 heterocycles. The van der Waals surface area contributed by atoms with Crippen molar-refractivity contribution in [2.75, 3.05) is 18.5 Å². The first-order valence-corrected chi connectivity index (χ1v) is 10.2. The summed E-state index contributed by atoms with van der Waals surface area (Å²) in [4.78, 5) is 35.1. The third kappa shape index (κ3) is 6.70. The van der Waals surface area contributed by atoms with Crippen LogP contribution in [-0.2, 0) is 9.53 Å². The molecule has 3 aromatic rings. The van der Waals surface area contributed by atoms with Crippen molar-refractivity contribution in [2.45, 2.75) is 12.3 Å². The molecule has 0 fully saturated rings. The number of benzene rings is 3. The molecule has 0 radical (unpaired) electrons. The van der Waals surface area contributed by atoms with E-state index in [1.54, 1.807) is 0 Å². The van der Waals surface area contributed by atoms with Crippen molar-refractivity contribution in [2.24, 2.45) is 5.73 Å². The highest BCUT2D eigenvalue weighted by Crippen LogP contribution is 2.27. The number of carbonyl (C=O) groups excluding carboxylic acids is 3. The van der Waals surface area contributed by atoms with Gasteiger partial charge in [-0.2, -0.15) is 0 Å². The van der Waals surface area contributed by atoms with E-state index in [2.05, 4.69) is 34.9 Å². The number of anilines is 1. The average Bonchev–Trinajstić information content (AvgIpc) is 2.81. The number of nitrogens with two attached hydrogens (primary N) is 1. The number of ether oxygens (including phenoxy) is 1. The molecule has 0 aliphatic carbocycles. The van der Waals surface area contributed by atoms with Crippen molar-refractivity contribution >= 4 is 23.6 Å². The molecule has 164 valence electrons. The number of primary amides is 1. The number of hydrogen-bond acceptors (Lipinski definition) is 4. The van der Waals surface area contributed by atoms with Crippen molar-refractivity contribution in [1.82, 2.24) is 5.32 Å². The van der Waals surface area contributed by atoms with Crippen LogP contribution in [0.1, 0.15) is 33.8 Å². The fourth-order valence-electron chi connectivity index (χ4n) is 3.35. The first-order valence-electron chi connectivity index (χ1n) is 10.2. The van der Waals surface area contributed by atoms with E-state index < -0.39 is 12.0 Å². The summed E-state index contributed by atoms with van der Waals surface area (Å²) in [5.74, 6) is -0.852. The van der Waals surface area contributed by atoms with E-state index >= 15 is 0 Å². The number of rotatable bonds is 9. The highest BCUT2D eigenvalue weighted by atomic mass is 16.5. The number of urea groups is 1. The van der Waals surface area contributed by atoms with Crippen LogP contribution in [0.4, 0.5) is 10.5 Å². The van der Waals surface area contributed by atoms with Gasteiger partial charge >= 0.3 is 12.0 Å². The van der Waals surface area contributed by atoms with Crippen LogP contribution < -0.4 is 16.4 Å². The molecule has 3 aromatic carbocycles. The van der Waals surface area contributed by atoms with Crippen LogP contribution in [0.25, 0.3) is 0 Å². The standard InChI is InChI=1S/C25H25N3O4/c26-25(31)28-21-13-11-20(12-14-21)24(30)32-17-23(29)27-16-15-22(18-7-3-1-4-8-18)19-9-5-2-6-10-19/h1-14,22H,15-17H2,(H,27,29)(H3,26,28,31). The molecule has 0 unspecified atom stereocenters. The van der Waals surface area contributed by atoms with Crippen LogP contribution in [0.5, 0.6) is 0 Å². The van der Waals surface area contributed by atoms with Gasteiger partial charge in [0.25, 0.3) is 5.91 Å². The van der Waals surface area contributed by atoms with Crippen LogP contribution >= 0.6 is 0 Å². The topological polar surface area (TPSA) is 111 Å². The lowest BCUT2D eigenvalue weighted by Gasteiger charge is -2.18. The van der Waals surface area contributed by atoms with E-state index in [0.717, 1.165) is 0 Å². The highest BCUT2D eigenvalue weighted by Gasteiger charge is 2.15. The second kappa shape index (κ2) is 11.3. The van der Waals surface area contributed by atoms with Crippen LogP contribution in [0.15, 0.2) is 84.9 Å². The minimum atomic E-state index is -0.696. The molecule has 0 aromatic heterocycles. The molecule has 0 saturated heterocycles. The minimum Gasteiger partial charge on any atom is -0.452 e. The maximum Gasteiger partial charge on any atom is 0.338 e. The van der Waals surface area contributed by atoms with Crippen LogP contribution in [0.3, 0.4) is 0 Å². The van der Waals surface area contributed by atoms with Gasteiger partial charge in [0, 0.05) is 18.2 Å². The van der Waals surface area contributed by atoms with Gasteiger partial charge in [-0.3, -0.25) is 4.79 Å². The molecule has 0 spiro atoms. The van der Waals surface area contributed by atoms with Gasteiger partial charge in [-0.1, -0.05) is 60.7 Å². The monoisotopic (exact) mass is 431 g/mol. The van der Waals surface area contributed by atoms with Gasteiger partial charge in [0.1, 0.15) is 0 Å². The zero-order valence-corrected chi connectivity index (χ0v) is 17.5. The summed E-state index contributed by atoms with van der Waals surface area (Å²) in [6, 6.07) is 25.6. The first-order chi connectivity index (χ1) is 15.5. The summed E-state index contributed by atoms with van der Waals surface area (Å²) in [6.07, 6.45) is 0.710. The zero-order chi connectivity index (χ0) is 22.8. The summed E-state index contributed by atoms with van der Waals surface area (Å²) < 4.78 is 5.07. The van der Waals surface area contributed by atoms with Crippen molar-refractivity contribution in [3.63, 3.8) is 0 Å². The first kappa shape index (κ1) is 22.6. The molecule has 0 saturated carbocycles. The average molecular weight is 431 g/mol. The van der Waals surface area contributed by atoms with Gasteiger partial charge in [-0.25, -0.2) is 9.59 Å². The Balaban J connectivity index is 1.48. The van der Waals surface area contributed by atoms with E-state index in [1.165, 1.54) is 35.4 Å². The fourth-order valence-corrected chi connectivity index (χ4v) is 3.35. The maximum atomic E-state index is 12.2. The van der Waals surface area contributed by atoms with Crippen molar-refractivity contribution < 1.29 is 19.1 Å². The molecule has 3 rings (SSSR count). The molecular weight excluding hydrogens is 406 g/mol. The van der Waals surface area contributed by atoms with Crippen molar-refractivity contribution in [1.29, 1.82) is 0 Å². The largest absolute Gasteiger partial charge is 0.452 e. The number of carbonyl (C=O) groups is 3. The Labute approximate surface area is 186 Å². The Hall–Kier alpha value is -4.13. The molecule has 7 nitrogen and oxygen atoms in total. The lowest BCUT2D eigenvalue weighted by atomic mass is 9.88. The van der Waals surface area contributed by atoms with Crippen molar-refractivity contribution in [3.05, 3.63) is 102 Å². The lowest BCUT2D eigenvalue weighted by Crippen LogP contribution is -2.30. The molecule has 4 N–H and O–H groups in total. The van der Waals surface area contributed by atoms with Gasteiger partial charge in [0.15, 0.2) is 6.61 Å². The van der Waals surface area contributed by atoms with Crippen LogP contribution in [-0.4, -0.2) is 31.1 Å². The zero-order valence-electron chi connectivity index (χ0n) is 17.5. The molecular formula is C25H25N3O4. The molecule has 32 heavy (non-hydrogen) atoms. The lowest BCUT2D eigenvalue weighted by molar-refractivity contribution is -0.124. The summed E-state index contributed by atoms with van der Waals surface area (Å²) in [5, 5.41) is 5.21. The van der Waals surface area contributed by atoms with Gasteiger partial charge < -0.3 is 21.1 Å². The minimum absolute atomic E-state index is 0.146. The number of hydrogen-bond donors (Lipinski definition) is 3. The Morgan fingerprint density at radius 3 is 1.91 bits per heavy atom. The summed E-state index contributed by atoms with van der Waals surface area (Å²) in [5.41, 5.74) is 8.11. The van der Waals surface area contributed by atoms with E-state index in [1.807, 2.05) is 36.4 Å². The molecule has 0 aliphatic rings. The van der Waals surface area contributed by atoms with Gasteiger partial charge in [0.05, 0.1) is 5.56 Å². The normalized spacial score (nSPS) is 10.4. The Bertz CT molecular complexity index is 998. The second-order valence-corrected chi connectivity index (χ2v) is 7.16. The molecule has 7 heteroatoms. The summed E-state index contributed by atoms with van der Waals surface area (Å²) in [7, 11) is 0. The van der Waals surface area contributed by atoms with Crippen LogP contribution in [0, 0.1) is 0 Å². The molecule has 3 amide bonds. The number of esters is 1. The molecule has 0 bridgehead atoms. The quantitative estimate of drug-likeness (QED) is 0.449. The third-order valence-electron chi connectivity index (χ3n) is 4.88. The van der Waals surface area contributed by atoms with E-state index in [0.29, 0.717) is 18.7 Å². The molecule has 0 aliphatic heterocycles.